The van der Waals surface area contributed by atoms with Crippen molar-refractivity contribution in [2.45, 2.75) is 89.3 Å². The predicted molar refractivity (Wildman–Crippen MR) is 183 cm³/mol. The van der Waals surface area contributed by atoms with Gasteiger partial charge in [0.2, 0.25) is 5.69 Å². The third kappa shape index (κ3) is 3.45. The van der Waals surface area contributed by atoms with Crippen LogP contribution in [-0.2, 0) is 15.6 Å². The van der Waals surface area contributed by atoms with Crippen LogP contribution >= 0.6 is 0 Å². The largest absolute Gasteiger partial charge is 0.365 e. The van der Waals surface area contributed by atoms with Gasteiger partial charge in [-0.25, -0.2) is 0 Å². The number of ether oxygens (including phenoxy) is 1. The molecule has 3 unspecified atom stereocenters. The Labute approximate surface area is 261 Å². The lowest BCUT2D eigenvalue weighted by atomic mass is 9.71. The number of unbranched alkanes of at least 4 members (excludes halogenated alkanes) is 2. The summed E-state index contributed by atoms with van der Waals surface area (Å²) >= 11 is 0. The second-order valence-corrected chi connectivity index (χ2v) is 14.5. The van der Waals surface area contributed by atoms with Crippen molar-refractivity contribution in [3.63, 3.8) is 0 Å². The molecular formula is C41H43N2O+. The Balaban J connectivity index is 1.26. The van der Waals surface area contributed by atoms with Crippen LogP contribution in [0.15, 0.2) is 95.7 Å². The minimum Gasteiger partial charge on any atom is -0.365 e. The molecule has 0 spiro atoms. The van der Waals surface area contributed by atoms with E-state index in [1.807, 2.05) is 0 Å². The normalized spacial score (nSPS) is 26.3. The topological polar surface area (TPSA) is 15.5 Å². The van der Waals surface area contributed by atoms with Crippen LogP contribution in [0, 0.1) is 0 Å². The van der Waals surface area contributed by atoms with Gasteiger partial charge in [-0.1, -0.05) is 80.8 Å². The first-order valence-electron chi connectivity index (χ1n) is 17.0. The summed E-state index contributed by atoms with van der Waals surface area (Å²) in [7, 11) is 0. The minimum absolute atomic E-state index is 0.0456. The van der Waals surface area contributed by atoms with Crippen molar-refractivity contribution < 1.29 is 9.31 Å². The standard InChI is InChI=1S/C41H43N2O/c1-5-6-11-22-41(4)37-29-15-10-8-13-27(29)17-19-33(37)43-24-21-35-31(39(41)43)25-30-34(44-35)20-23-42-32-18-16-26-12-7-9-14-28(26)36(32)40(2,3)38(30)42/h7-10,12-19,25,34-35H,5-6,11,20-24H2,1-4H3/q+1. The fourth-order valence-corrected chi connectivity index (χ4v) is 9.83. The first-order chi connectivity index (χ1) is 21.4. The first-order valence-corrected chi connectivity index (χ1v) is 17.0. The van der Waals surface area contributed by atoms with Crippen molar-refractivity contribution >= 4 is 38.6 Å². The van der Waals surface area contributed by atoms with Crippen LogP contribution in [0.3, 0.4) is 0 Å². The predicted octanol–water partition coefficient (Wildman–Crippen LogP) is 9.48. The fraction of sp³-hybridized carbons (Fsp3) is 0.390. The zero-order valence-electron chi connectivity index (χ0n) is 26.6. The van der Waals surface area contributed by atoms with Crippen LogP contribution < -0.4 is 4.90 Å². The van der Waals surface area contributed by atoms with Gasteiger partial charge in [0.1, 0.15) is 0 Å². The van der Waals surface area contributed by atoms with Crippen molar-refractivity contribution in [1.82, 2.24) is 0 Å². The number of rotatable bonds is 4. The van der Waals surface area contributed by atoms with Crippen LogP contribution in [0.5, 0.6) is 0 Å². The molecule has 3 atom stereocenters. The van der Waals surface area contributed by atoms with Crippen LogP contribution in [0.2, 0.25) is 0 Å². The average molecular weight is 580 g/mol. The van der Waals surface area contributed by atoms with E-state index in [-0.39, 0.29) is 23.0 Å². The van der Waals surface area contributed by atoms with Gasteiger partial charge in [-0.05, 0) is 78.9 Å². The molecule has 4 aromatic rings. The maximum Gasteiger partial charge on any atom is 0.210 e. The Bertz CT molecular complexity index is 1980. The molecule has 3 nitrogen and oxygen atoms in total. The molecule has 0 saturated carbocycles. The van der Waals surface area contributed by atoms with Gasteiger partial charge < -0.3 is 9.64 Å². The molecule has 3 heteroatoms. The lowest BCUT2D eigenvalue weighted by Crippen LogP contribution is -2.47. The second-order valence-electron chi connectivity index (χ2n) is 14.5. The Morgan fingerprint density at radius 3 is 2.32 bits per heavy atom. The third-order valence-corrected chi connectivity index (χ3v) is 11.6. The van der Waals surface area contributed by atoms with Gasteiger partial charge in [-0.3, -0.25) is 0 Å². The van der Waals surface area contributed by atoms with Crippen molar-refractivity contribution in [3.8, 4) is 0 Å². The number of benzene rings is 4. The summed E-state index contributed by atoms with van der Waals surface area (Å²) in [5.41, 5.74) is 11.5. The minimum atomic E-state index is -0.101. The zero-order chi connectivity index (χ0) is 29.8. The number of hydrogen-bond donors (Lipinski definition) is 0. The summed E-state index contributed by atoms with van der Waals surface area (Å²) in [6.45, 7) is 11.8. The van der Waals surface area contributed by atoms with E-state index in [1.54, 1.807) is 0 Å². The summed E-state index contributed by atoms with van der Waals surface area (Å²) in [5.74, 6) is 0. The molecule has 5 aliphatic rings. The molecule has 5 heterocycles. The molecule has 5 aliphatic heterocycles. The highest BCUT2D eigenvalue weighted by Crippen LogP contribution is 2.58. The van der Waals surface area contributed by atoms with Gasteiger partial charge in [-0.2, -0.15) is 4.58 Å². The van der Waals surface area contributed by atoms with E-state index in [0.717, 1.165) is 25.9 Å². The van der Waals surface area contributed by atoms with E-state index < -0.39 is 0 Å². The van der Waals surface area contributed by atoms with Gasteiger partial charge in [0.25, 0.3) is 0 Å². The van der Waals surface area contributed by atoms with Crippen molar-refractivity contribution in [1.29, 1.82) is 0 Å². The van der Waals surface area contributed by atoms with Crippen molar-refractivity contribution in [2.75, 3.05) is 18.0 Å². The molecule has 4 aromatic carbocycles. The number of hydrogen-bond acceptors (Lipinski definition) is 2. The Morgan fingerprint density at radius 2 is 1.55 bits per heavy atom. The maximum atomic E-state index is 7.20. The molecule has 0 aliphatic carbocycles. The second kappa shape index (κ2) is 9.41. The third-order valence-electron chi connectivity index (χ3n) is 11.6. The lowest BCUT2D eigenvalue weighted by Gasteiger charge is -2.43. The van der Waals surface area contributed by atoms with Crippen molar-refractivity contribution in [2.24, 2.45) is 0 Å². The Morgan fingerprint density at radius 1 is 0.818 bits per heavy atom. The van der Waals surface area contributed by atoms with Gasteiger partial charge in [-0.15, -0.1) is 0 Å². The average Bonchev–Trinajstić information content (AvgIpc) is 3.45. The molecule has 9 rings (SSSR count). The number of nitrogens with zero attached hydrogens (tertiary/aromatic N) is 2. The van der Waals surface area contributed by atoms with E-state index in [0.29, 0.717) is 0 Å². The van der Waals surface area contributed by atoms with Gasteiger partial charge in [0, 0.05) is 52.5 Å². The van der Waals surface area contributed by atoms with E-state index in [2.05, 4.69) is 116 Å². The molecule has 0 amide bonds. The smallest absolute Gasteiger partial charge is 0.210 e. The number of allylic oxidation sites excluding steroid dienone is 1. The quantitative estimate of drug-likeness (QED) is 0.177. The molecule has 0 radical (unpaired) electrons. The van der Waals surface area contributed by atoms with Gasteiger partial charge >= 0.3 is 0 Å². The SMILES string of the molecule is CCCCCC1(C)C2=C3C=C4C5=[N+](CCC4OC3CCN2c2ccc3ccccc3c21)c1ccc2ccccc2c1C5(C)C. The van der Waals surface area contributed by atoms with E-state index >= 15 is 0 Å². The Kier molecular flexibility index (Phi) is 5.71. The zero-order valence-corrected chi connectivity index (χ0v) is 26.6. The van der Waals surface area contributed by atoms with E-state index in [9.17, 15) is 0 Å². The molecule has 0 N–H and O–H groups in total. The highest BCUT2D eigenvalue weighted by Gasteiger charge is 2.55. The molecule has 0 fully saturated rings. The molecule has 44 heavy (non-hydrogen) atoms. The maximum absolute atomic E-state index is 7.20. The summed E-state index contributed by atoms with van der Waals surface area (Å²) in [6.07, 6.45) is 9.97. The summed E-state index contributed by atoms with van der Waals surface area (Å²) < 4.78 is 9.83. The summed E-state index contributed by atoms with van der Waals surface area (Å²) in [5, 5.41) is 5.49. The molecule has 0 bridgehead atoms. The summed E-state index contributed by atoms with van der Waals surface area (Å²) in [6, 6.07) is 27.4. The van der Waals surface area contributed by atoms with E-state index in [1.165, 1.54) is 92.3 Å². The van der Waals surface area contributed by atoms with Crippen LogP contribution in [0.4, 0.5) is 11.4 Å². The van der Waals surface area contributed by atoms with Gasteiger partial charge in [0.05, 0.1) is 17.6 Å². The van der Waals surface area contributed by atoms with Crippen LogP contribution in [0.1, 0.15) is 77.3 Å². The number of anilines is 1. The van der Waals surface area contributed by atoms with Crippen LogP contribution in [-0.4, -0.2) is 35.6 Å². The summed E-state index contributed by atoms with van der Waals surface area (Å²) in [4.78, 5) is 2.69. The molecule has 0 saturated heterocycles. The highest BCUT2D eigenvalue weighted by atomic mass is 16.5. The van der Waals surface area contributed by atoms with Crippen LogP contribution in [0.25, 0.3) is 21.5 Å². The molecular weight excluding hydrogens is 536 g/mol. The monoisotopic (exact) mass is 579 g/mol. The van der Waals surface area contributed by atoms with E-state index in [4.69, 9.17) is 4.74 Å². The Hall–Kier alpha value is -3.69. The number of fused-ring (bicyclic) bond motifs is 12. The highest BCUT2D eigenvalue weighted by molar-refractivity contribution is 6.12. The fourth-order valence-electron chi connectivity index (χ4n) is 9.83. The molecule has 222 valence electrons. The van der Waals surface area contributed by atoms with Gasteiger partial charge in [0.15, 0.2) is 12.3 Å². The van der Waals surface area contributed by atoms with Crippen molar-refractivity contribution in [3.05, 3.63) is 107 Å². The first kappa shape index (κ1) is 26.7. The molecule has 0 aromatic heterocycles. The lowest BCUT2D eigenvalue weighted by molar-refractivity contribution is -0.445.